The van der Waals surface area contributed by atoms with Crippen molar-refractivity contribution in [3.8, 4) is 11.5 Å². The van der Waals surface area contributed by atoms with Crippen LogP contribution >= 0.6 is 0 Å². The van der Waals surface area contributed by atoms with Gasteiger partial charge >= 0.3 is 18.2 Å². The van der Waals surface area contributed by atoms with Crippen LogP contribution in [0.15, 0.2) is 36.4 Å². The molecule has 0 radical (unpaired) electrons. The van der Waals surface area contributed by atoms with Gasteiger partial charge in [0.15, 0.2) is 5.75 Å². The maximum absolute atomic E-state index is 14.9. The molecule has 0 saturated carbocycles. The maximum Gasteiger partial charge on any atom is 0.514 e. The molecular formula is C25H30FNO7. The molecule has 0 spiro atoms. The normalized spacial score (nSPS) is 11.4. The molecule has 2 aromatic carbocycles. The molecule has 0 aromatic heterocycles. The van der Waals surface area contributed by atoms with E-state index in [-0.39, 0.29) is 22.6 Å². The van der Waals surface area contributed by atoms with E-state index in [1.54, 1.807) is 59.7 Å². The number of carbonyl (C=O) groups excluding carboxylic acids is 3. The molecule has 0 unspecified atom stereocenters. The van der Waals surface area contributed by atoms with Crippen molar-refractivity contribution in [2.24, 2.45) is 0 Å². The van der Waals surface area contributed by atoms with Crippen LogP contribution in [0, 0.1) is 12.7 Å². The highest BCUT2D eigenvalue weighted by Gasteiger charge is 2.32. The van der Waals surface area contributed by atoms with Crippen LogP contribution < -0.4 is 14.4 Å². The fraction of sp³-hybridized carbons (Fsp3) is 0.400. The first-order valence-electron chi connectivity index (χ1n) is 10.6. The number of amides is 1. The van der Waals surface area contributed by atoms with Gasteiger partial charge in [-0.3, -0.25) is 4.90 Å². The number of hydrogen-bond acceptors (Lipinski definition) is 7. The standard InChI is InChI=1S/C25H30FNO7/c1-15-17(26)14-18(27(8)22(29)33-24(2,3)4)20(32-23(30)34-25(5,6)7)19(15)21(28)31-16-12-10-9-11-13-16/h9-14H,1-8H3. The number of para-hydroxylation sites is 1. The van der Waals surface area contributed by atoms with Crippen molar-refractivity contribution in [1.29, 1.82) is 0 Å². The Hall–Kier alpha value is -3.62. The molecule has 0 aliphatic carbocycles. The van der Waals surface area contributed by atoms with Gasteiger partial charge in [-0.15, -0.1) is 0 Å². The zero-order valence-electron chi connectivity index (χ0n) is 20.6. The highest BCUT2D eigenvalue weighted by molar-refractivity contribution is 6.01. The van der Waals surface area contributed by atoms with Gasteiger partial charge in [0.1, 0.15) is 28.3 Å². The topological polar surface area (TPSA) is 91.4 Å². The summed E-state index contributed by atoms with van der Waals surface area (Å²) in [6, 6.07) is 9.08. The molecule has 0 fully saturated rings. The lowest BCUT2D eigenvalue weighted by molar-refractivity contribution is 0.0202. The van der Waals surface area contributed by atoms with E-state index in [2.05, 4.69) is 0 Å². The van der Waals surface area contributed by atoms with Crippen LogP contribution in [0.25, 0.3) is 0 Å². The van der Waals surface area contributed by atoms with Gasteiger partial charge in [-0.1, -0.05) is 18.2 Å². The highest BCUT2D eigenvalue weighted by atomic mass is 19.1. The zero-order chi connectivity index (χ0) is 25.8. The Balaban J connectivity index is 2.63. The summed E-state index contributed by atoms with van der Waals surface area (Å²) in [5, 5.41) is 0. The monoisotopic (exact) mass is 475 g/mol. The van der Waals surface area contributed by atoms with Crippen LogP contribution in [-0.2, 0) is 9.47 Å². The molecular weight excluding hydrogens is 445 g/mol. The minimum atomic E-state index is -1.15. The van der Waals surface area contributed by atoms with Crippen molar-refractivity contribution >= 4 is 23.9 Å². The molecule has 0 saturated heterocycles. The summed E-state index contributed by atoms with van der Waals surface area (Å²) in [5.74, 6) is -2.01. The van der Waals surface area contributed by atoms with E-state index in [1.807, 2.05) is 0 Å². The first kappa shape index (κ1) is 26.6. The van der Waals surface area contributed by atoms with Gasteiger partial charge in [0, 0.05) is 18.7 Å². The largest absolute Gasteiger partial charge is 0.514 e. The molecule has 2 aromatic rings. The molecule has 0 aliphatic heterocycles. The summed E-state index contributed by atoms with van der Waals surface area (Å²) in [4.78, 5) is 39.2. The number of halogens is 1. The predicted molar refractivity (Wildman–Crippen MR) is 124 cm³/mol. The third kappa shape index (κ3) is 7.19. The first-order chi connectivity index (χ1) is 15.6. The summed E-state index contributed by atoms with van der Waals surface area (Å²) in [6.45, 7) is 11.2. The Morgan fingerprint density at radius 1 is 0.882 bits per heavy atom. The van der Waals surface area contributed by atoms with E-state index in [1.165, 1.54) is 26.1 Å². The lowest BCUT2D eigenvalue weighted by Gasteiger charge is -2.27. The second kappa shape index (κ2) is 10.1. The molecule has 9 heteroatoms. The SMILES string of the molecule is Cc1c(F)cc(N(C)C(=O)OC(C)(C)C)c(OC(=O)OC(C)(C)C)c1C(=O)Oc1ccccc1. The fourth-order valence-corrected chi connectivity index (χ4v) is 2.74. The molecule has 0 bridgehead atoms. The van der Waals surface area contributed by atoms with Crippen molar-refractivity contribution in [3.05, 3.63) is 53.3 Å². The van der Waals surface area contributed by atoms with Crippen molar-refractivity contribution in [2.45, 2.75) is 59.7 Å². The van der Waals surface area contributed by atoms with Gasteiger partial charge in [0.25, 0.3) is 0 Å². The van der Waals surface area contributed by atoms with E-state index in [4.69, 9.17) is 18.9 Å². The number of ether oxygens (including phenoxy) is 4. The Morgan fingerprint density at radius 2 is 1.44 bits per heavy atom. The molecule has 0 aliphatic rings. The van der Waals surface area contributed by atoms with E-state index in [0.717, 1.165) is 11.0 Å². The van der Waals surface area contributed by atoms with Gasteiger partial charge in [0.05, 0.1) is 5.69 Å². The number of hydrogen-bond donors (Lipinski definition) is 0. The van der Waals surface area contributed by atoms with Gasteiger partial charge in [-0.05, 0) is 60.6 Å². The lowest BCUT2D eigenvalue weighted by Crippen LogP contribution is -2.35. The summed E-state index contributed by atoms with van der Waals surface area (Å²) in [5.41, 5.74) is -2.49. The number of esters is 1. The van der Waals surface area contributed by atoms with Crippen molar-refractivity contribution in [1.82, 2.24) is 0 Å². The van der Waals surface area contributed by atoms with Crippen LogP contribution in [0.4, 0.5) is 19.7 Å². The van der Waals surface area contributed by atoms with Crippen molar-refractivity contribution < 1.29 is 37.7 Å². The Bertz CT molecular complexity index is 1070. The predicted octanol–water partition coefficient (Wildman–Crippen LogP) is 6.04. The Kier molecular flexibility index (Phi) is 7.92. The molecule has 0 heterocycles. The summed E-state index contributed by atoms with van der Waals surface area (Å²) >= 11 is 0. The van der Waals surface area contributed by atoms with Crippen LogP contribution in [0.5, 0.6) is 11.5 Å². The van der Waals surface area contributed by atoms with Gasteiger partial charge < -0.3 is 18.9 Å². The minimum absolute atomic E-state index is 0.138. The van der Waals surface area contributed by atoms with E-state index >= 15 is 0 Å². The van der Waals surface area contributed by atoms with Crippen LogP contribution in [0.1, 0.15) is 57.5 Å². The average molecular weight is 476 g/mol. The second-order valence-electron chi connectivity index (χ2n) is 9.52. The number of nitrogens with zero attached hydrogens (tertiary/aromatic N) is 1. The molecule has 8 nitrogen and oxygen atoms in total. The van der Waals surface area contributed by atoms with Crippen LogP contribution in [0.3, 0.4) is 0 Å². The smallest absolute Gasteiger partial charge is 0.443 e. The summed E-state index contributed by atoms with van der Waals surface area (Å²) in [6.07, 6.45) is -2.00. The third-order valence-corrected chi connectivity index (χ3v) is 4.22. The molecule has 0 atom stereocenters. The second-order valence-corrected chi connectivity index (χ2v) is 9.52. The first-order valence-corrected chi connectivity index (χ1v) is 10.6. The number of benzene rings is 2. The molecule has 184 valence electrons. The van der Waals surface area contributed by atoms with E-state index < -0.39 is 41.0 Å². The molecule has 34 heavy (non-hydrogen) atoms. The maximum atomic E-state index is 14.9. The van der Waals surface area contributed by atoms with Crippen LogP contribution in [0.2, 0.25) is 0 Å². The third-order valence-electron chi connectivity index (χ3n) is 4.22. The van der Waals surface area contributed by atoms with Crippen molar-refractivity contribution in [2.75, 3.05) is 11.9 Å². The van der Waals surface area contributed by atoms with Gasteiger partial charge in [-0.25, -0.2) is 18.8 Å². The fourth-order valence-electron chi connectivity index (χ4n) is 2.74. The van der Waals surface area contributed by atoms with Crippen molar-refractivity contribution in [3.63, 3.8) is 0 Å². The lowest BCUT2D eigenvalue weighted by atomic mass is 10.0. The summed E-state index contributed by atoms with van der Waals surface area (Å²) < 4.78 is 36.2. The zero-order valence-corrected chi connectivity index (χ0v) is 20.6. The number of rotatable bonds is 4. The van der Waals surface area contributed by atoms with Crippen LogP contribution in [-0.4, -0.2) is 36.5 Å². The quantitative estimate of drug-likeness (QED) is 0.302. The molecule has 1 amide bonds. The average Bonchev–Trinajstić information content (AvgIpc) is 2.68. The van der Waals surface area contributed by atoms with Gasteiger partial charge in [0.2, 0.25) is 0 Å². The van der Waals surface area contributed by atoms with Gasteiger partial charge in [-0.2, -0.15) is 0 Å². The minimum Gasteiger partial charge on any atom is -0.443 e. The summed E-state index contributed by atoms with van der Waals surface area (Å²) in [7, 11) is 1.30. The highest BCUT2D eigenvalue weighted by Crippen LogP contribution is 2.37. The Morgan fingerprint density at radius 3 is 1.97 bits per heavy atom. The number of anilines is 1. The number of carbonyl (C=O) groups is 3. The Labute approximate surface area is 198 Å². The van der Waals surface area contributed by atoms with E-state index in [0.29, 0.717) is 0 Å². The van der Waals surface area contributed by atoms with E-state index in [9.17, 15) is 18.8 Å². The molecule has 2 rings (SSSR count). The molecule has 0 N–H and O–H groups in total.